The van der Waals surface area contributed by atoms with Crippen LogP contribution in [-0.2, 0) is 14.3 Å². The largest absolute Gasteiger partial charge is 0.468 e. The molecule has 1 N–H and O–H groups in total. The number of nitrogens with one attached hydrogen (secondary N) is 1. The van der Waals surface area contributed by atoms with E-state index in [0.717, 1.165) is 35.5 Å². The molecule has 0 fully saturated rings. The summed E-state index contributed by atoms with van der Waals surface area (Å²) < 4.78 is 4.90. The first-order valence-electron chi connectivity index (χ1n) is 8.82. The minimum Gasteiger partial charge on any atom is -0.468 e. The van der Waals surface area contributed by atoms with Crippen LogP contribution in [0.4, 0.5) is 11.4 Å². The van der Waals surface area contributed by atoms with Crippen molar-refractivity contribution in [2.24, 2.45) is 5.41 Å². The first kappa shape index (κ1) is 17.5. The van der Waals surface area contributed by atoms with Gasteiger partial charge in [0.1, 0.15) is 6.54 Å². The van der Waals surface area contributed by atoms with E-state index in [1.54, 1.807) is 0 Å². The molecular weight excluding hydrogens is 316 g/mol. The summed E-state index contributed by atoms with van der Waals surface area (Å²) in [6, 6.07) is 7.77. The van der Waals surface area contributed by atoms with Gasteiger partial charge in [-0.25, -0.2) is 0 Å². The van der Waals surface area contributed by atoms with Gasteiger partial charge in [-0.1, -0.05) is 32.9 Å². The molecule has 0 saturated heterocycles. The Morgan fingerprint density at radius 2 is 2.04 bits per heavy atom. The summed E-state index contributed by atoms with van der Waals surface area (Å²) in [6.07, 6.45) is 2.11. The summed E-state index contributed by atoms with van der Waals surface area (Å²) in [6.45, 7) is 6.43. The maximum absolute atomic E-state index is 13.0. The van der Waals surface area contributed by atoms with Gasteiger partial charge in [-0.05, 0) is 30.4 Å². The molecule has 134 valence electrons. The van der Waals surface area contributed by atoms with E-state index in [1.165, 1.54) is 7.11 Å². The minimum atomic E-state index is -0.305. The van der Waals surface area contributed by atoms with Crippen LogP contribution in [0.2, 0.25) is 0 Å². The van der Waals surface area contributed by atoms with Crippen molar-refractivity contribution >= 4 is 23.1 Å². The minimum absolute atomic E-state index is 0.0618. The van der Waals surface area contributed by atoms with E-state index >= 15 is 0 Å². The zero-order valence-electron chi connectivity index (χ0n) is 15.4. The van der Waals surface area contributed by atoms with Gasteiger partial charge in [0.05, 0.1) is 24.5 Å². The molecule has 1 heterocycles. The van der Waals surface area contributed by atoms with Gasteiger partial charge in [-0.15, -0.1) is 0 Å². The molecule has 2 aliphatic rings. The molecule has 0 spiro atoms. The van der Waals surface area contributed by atoms with Gasteiger partial charge < -0.3 is 15.0 Å². The molecule has 0 radical (unpaired) electrons. The maximum atomic E-state index is 13.0. The Labute approximate surface area is 149 Å². The Kier molecular flexibility index (Phi) is 4.58. The SMILES string of the molecule is CC[C@H]1C2=C(CC(C)(C)CC2=O)Nc2ccccc2N1CC(=O)OC. The second-order valence-electron chi connectivity index (χ2n) is 7.60. The number of carbonyl (C=O) groups is 2. The Hall–Kier alpha value is -2.30. The van der Waals surface area contributed by atoms with Crippen LogP contribution in [0.5, 0.6) is 0 Å². The summed E-state index contributed by atoms with van der Waals surface area (Å²) in [5, 5.41) is 3.50. The van der Waals surface area contributed by atoms with Crippen LogP contribution in [0.3, 0.4) is 0 Å². The van der Waals surface area contributed by atoms with E-state index in [2.05, 4.69) is 26.1 Å². The average Bonchev–Trinajstić information content (AvgIpc) is 2.68. The van der Waals surface area contributed by atoms with Crippen LogP contribution < -0.4 is 10.2 Å². The monoisotopic (exact) mass is 342 g/mol. The standard InChI is InChI=1S/C20H26N2O3/c1-5-15-19-14(10-20(2,3)11-17(19)23)21-13-8-6-7-9-16(13)22(15)12-18(24)25-4/h6-9,15,21H,5,10-12H2,1-4H3/t15-/m0/s1. The number of esters is 1. The van der Waals surface area contributed by atoms with Gasteiger partial charge in [-0.2, -0.15) is 0 Å². The third-order valence-electron chi connectivity index (χ3n) is 5.04. The number of nitrogens with zero attached hydrogens (tertiary/aromatic N) is 1. The van der Waals surface area contributed by atoms with Gasteiger partial charge >= 0.3 is 5.97 Å². The predicted molar refractivity (Wildman–Crippen MR) is 98.6 cm³/mol. The normalized spacial score (nSPS) is 21.8. The molecule has 1 atom stereocenters. The van der Waals surface area contributed by atoms with Crippen LogP contribution in [0.1, 0.15) is 40.0 Å². The molecule has 25 heavy (non-hydrogen) atoms. The smallest absolute Gasteiger partial charge is 0.325 e. The Morgan fingerprint density at radius 3 is 2.72 bits per heavy atom. The third kappa shape index (κ3) is 3.28. The molecule has 5 heteroatoms. The zero-order chi connectivity index (χ0) is 18.2. The van der Waals surface area contributed by atoms with Crippen molar-refractivity contribution in [2.75, 3.05) is 23.9 Å². The van der Waals surface area contributed by atoms with Crippen molar-refractivity contribution < 1.29 is 14.3 Å². The molecule has 0 saturated carbocycles. The molecule has 1 aliphatic carbocycles. The molecular formula is C20H26N2O3. The third-order valence-corrected chi connectivity index (χ3v) is 5.04. The van der Waals surface area contributed by atoms with Crippen LogP contribution in [0, 0.1) is 5.41 Å². The summed E-state index contributed by atoms with van der Waals surface area (Å²) in [5.41, 5.74) is 3.61. The first-order chi connectivity index (χ1) is 11.9. The van der Waals surface area contributed by atoms with Crippen molar-refractivity contribution in [3.05, 3.63) is 35.5 Å². The van der Waals surface area contributed by atoms with E-state index < -0.39 is 0 Å². The lowest BCUT2D eigenvalue weighted by atomic mass is 9.74. The number of hydrogen-bond acceptors (Lipinski definition) is 5. The topological polar surface area (TPSA) is 58.6 Å². The highest BCUT2D eigenvalue weighted by Crippen LogP contribution is 2.44. The van der Waals surface area contributed by atoms with E-state index in [1.807, 2.05) is 29.2 Å². The number of ether oxygens (including phenoxy) is 1. The van der Waals surface area contributed by atoms with E-state index in [9.17, 15) is 9.59 Å². The van der Waals surface area contributed by atoms with Crippen molar-refractivity contribution in [3.63, 3.8) is 0 Å². The van der Waals surface area contributed by atoms with Crippen molar-refractivity contribution in [2.45, 2.75) is 46.1 Å². The fraction of sp³-hybridized carbons (Fsp3) is 0.500. The molecule has 1 aliphatic heterocycles. The Balaban J connectivity index is 2.14. The lowest BCUT2D eigenvalue weighted by Gasteiger charge is -2.37. The number of methoxy groups -OCH3 is 1. The molecule has 0 amide bonds. The lowest BCUT2D eigenvalue weighted by Crippen LogP contribution is -2.43. The first-order valence-corrected chi connectivity index (χ1v) is 8.82. The number of hydrogen-bond donors (Lipinski definition) is 1. The van der Waals surface area contributed by atoms with Crippen LogP contribution >= 0.6 is 0 Å². The number of anilines is 2. The number of fused-ring (bicyclic) bond motifs is 1. The Bertz CT molecular complexity index is 736. The number of ketones is 1. The van der Waals surface area contributed by atoms with Gasteiger partial charge in [0.25, 0.3) is 0 Å². The van der Waals surface area contributed by atoms with Gasteiger partial charge in [-0.3, -0.25) is 9.59 Å². The second kappa shape index (κ2) is 6.54. The number of Topliss-reactive ketones (excluding diaryl/α,β-unsaturated/α-hetero) is 1. The summed E-state index contributed by atoms with van der Waals surface area (Å²) in [7, 11) is 1.39. The van der Waals surface area contributed by atoms with E-state index in [4.69, 9.17) is 4.74 Å². The summed E-state index contributed by atoms with van der Waals surface area (Å²) in [5.74, 6) is -0.130. The molecule has 1 aromatic rings. The fourth-order valence-corrected chi connectivity index (χ4v) is 3.97. The number of allylic oxidation sites excluding steroid dienone is 1. The maximum Gasteiger partial charge on any atom is 0.325 e. The number of carbonyl (C=O) groups excluding carboxylic acids is 2. The highest BCUT2D eigenvalue weighted by Gasteiger charge is 2.40. The van der Waals surface area contributed by atoms with E-state index in [-0.39, 0.29) is 29.8 Å². The number of benzene rings is 1. The quantitative estimate of drug-likeness (QED) is 0.852. The van der Waals surface area contributed by atoms with E-state index in [0.29, 0.717) is 6.42 Å². The van der Waals surface area contributed by atoms with Gasteiger partial charge in [0.2, 0.25) is 0 Å². The van der Waals surface area contributed by atoms with Crippen molar-refractivity contribution in [1.29, 1.82) is 0 Å². The van der Waals surface area contributed by atoms with Gasteiger partial charge in [0, 0.05) is 17.7 Å². The Morgan fingerprint density at radius 1 is 1.32 bits per heavy atom. The molecule has 0 bridgehead atoms. The molecule has 1 aromatic carbocycles. The van der Waals surface area contributed by atoms with Gasteiger partial charge in [0.15, 0.2) is 5.78 Å². The summed E-state index contributed by atoms with van der Waals surface area (Å²) in [4.78, 5) is 27.0. The molecule has 0 aromatic heterocycles. The summed E-state index contributed by atoms with van der Waals surface area (Å²) >= 11 is 0. The molecule has 3 rings (SSSR count). The van der Waals surface area contributed by atoms with Crippen molar-refractivity contribution in [1.82, 2.24) is 0 Å². The highest BCUT2D eigenvalue weighted by molar-refractivity contribution is 6.01. The average molecular weight is 342 g/mol. The predicted octanol–water partition coefficient (Wildman–Crippen LogP) is 3.51. The van der Waals surface area contributed by atoms with Crippen LogP contribution in [0.25, 0.3) is 0 Å². The fourth-order valence-electron chi connectivity index (χ4n) is 3.97. The zero-order valence-corrected chi connectivity index (χ0v) is 15.4. The number of rotatable bonds is 3. The van der Waals surface area contributed by atoms with Crippen LogP contribution in [-0.4, -0.2) is 31.4 Å². The second-order valence-corrected chi connectivity index (χ2v) is 7.60. The lowest BCUT2D eigenvalue weighted by molar-refractivity contribution is -0.139. The van der Waals surface area contributed by atoms with Crippen molar-refractivity contribution in [3.8, 4) is 0 Å². The number of para-hydroxylation sites is 2. The molecule has 5 nitrogen and oxygen atoms in total. The highest BCUT2D eigenvalue weighted by atomic mass is 16.5. The van der Waals surface area contributed by atoms with Crippen LogP contribution in [0.15, 0.2) is 35.5 Å². The molecule has 0 unspecified atom stereocenters.